The Morgan fingerprint density at radius 3 is 2.58 bits per heavy atom. The number of carbonyl (C=O) groups is 1. The van der Waals surface area contributed by atoms with Crippen LogP contribution in [0.15, 0.2) is 24.3 Å². The average molecular weight is 334 g/mol. The molecule has 0 bridgehead atoms. The molecule has 1 aromatic rings. The second-order valence-electron chi connectivity index (χ2n) is 7.44. The summed E-state index contributed by atoms with van der Waals surface area (Å²) < 4.78 is 5.35. The van der Waals surface area contributed by atoms with Crippen LogP contribution in [-0.2, 0) is 16.0 Å². The molecule has 1 aliphatic rings. The minimum Gasteiger partial charge on any atom is -0.459 e. The number of nitro benzene ring substituents is 1. The van der Waals surface area contributed by atoms with E-state index < -0.39 is 5.60 Å². The van der Waals surface area contributed by atoms with E-state index in [1.807, 2.05) is 26.8 Å². The van der Waals surface area contributed by atoms with E-state index in [-0.39, 0.29) is 16.6 Å². The maximum Gasteiger partial charge on any atom is 0.320 e. The fraction of sp³-hybridized carbons (Fsp3) is 0.611. The molecular weight excluding hydrogens is 308 g/mol. The van der Waals surface area contributed by atoms with E-state index in [1.54, 1.807) is 12.1 Å². The molecule has 0 atom stereocenters. The van der Waals surface area contributed by atoms with E-state index in [4.69, 9.17) is 4.74 Å². The molecular formula is C18H26N2O4. The minimum atomic E-state index is -0.447. The molecule has 6 heteroatoms. The largest absolute Gasteiger partial charge is 0.459 e. The highest BCUT2D eigenvalue weighted by Crippen LogP contribution is 2.23. The zero-order valence-corrected chi connectivity index (χ0v) is 14.7. The van der Waals surface area contributed by atoms with Gasteiger partial charge in [-0.3, -0.25) is 19.8 Å². The molecule has 0 spiro atoms. The third-order valence-electron chi connectivity index (χ3n) is 4.13. The van der Waals surface area contributed by atoms with Gasteiger partial charge < -0.3 is 4.74 Å². The lowest BCUT2D eigenvalue weighted by Gasteiger charge is -2.32. The predicted molar refractivity (Wildman–Crippen MR) is 91.8 cm³/mol. The van der Waals surface area contributed by atoms with Gasteiger partial charge in [0.1, 0.15) is 5.60 Å². The molecule has 1 aromatic carbocycles. The van der Waals surface area contributed by atoms with Gasteiger partial charge in [0, 0.05) is 12.1 Å². The number of hydrogen-bond acceptors (Lipinski definition) is 5. The van der Waals surface area contributed by atoms with Crippen LogP contribution >= 0.6 is 0 Å². The molecule has 2 rings (SSSR count). The molecule has 0 saturated carbocycles. The van der Waals surface area contributed by atoms with Crippen LogP contribution in [0.5, 0.6) is 0 Å². The Balaban J connectivity index is 1.80. The van der Waals surface area contributed by atoms with Crippen molar-refractivity contribution in [3.63, 3.8) is 0 Å². The predicted octanol–water partition coefficient (Wildman–Crippen LogP) is 3.19. The highest BCUT2D eigenvalue weighted by Gasteiger charge is 2.24. The average Bonchev–Trinajstić information content (AvgIpc) is 2.47. The van der Waals surface area contributed by atoms with Crippen molar-refractivity contribution in [2.75, 3.05) is 19.6 Å². The molecule has 0 N–H and O–H groups in total. The first-order valence-electron chi connectivity index (χ1n) is 8.40. The molecule has 0 unspecified atom stereocenters. The number of benzene rings is 1. The molecule has 132 valence electrons. The highest BCUT2D eigenvalue weighted by molar-refractivity contribution is 5.72. The third-order valence-corrected chi connectivity index (χ3v) is 4.13. The number of hydrogen-bond donors (Lipinski definition) is 0. The molecule has 0 aliphatic carbocycles. The highest BCUT2D eigenvalue weighted by atomic mass is 16.6. The summed E-state index contributed by atoms with van der Waals surface area (Å²) in [7, 11) is 0. The van der Waals surface area contributed by atoms with Crippen LogP contribution in [-0.4, -0.2) is 41.0 Å². The summed E-state index contributed by atoms with van der Waals surface area (Å²) in [5.41, 5.74) is 0.710. The van der Waals surface area contributed by atoms with E-state index in [0.717, 1.165) is 37.9 Å². The van der Waals surface area contributed by atoms with E-state index in [0.29, 0.717) is 12.5 Å². The van der Waals surface area contributed by atoms with Crippen molar-refractivity contribution in [1.82, 2.24) is 4.90 Å². The summed E-state index contributed by atoms with van der Waals surface area (Å²) in [4.78, 5) is 24.5. The maximum atomic E-state index is 11.9. The Morgan fingerprint density at radius 1 is 1.33 bits per heavy atom. The van der Waals surface area contributed by atoms with E-state index in [2.05, 4.69) is 4.90 Å². The van der Waals surface area contributed by atoms with Crippen molar-refractivity contribution in [1.29, 1.82) is 0 Å². The summed E-state index contributed by atoms with van der Waals surface area (Å²) in [6.07, 6.45) is 2.83. The van der Waals surface area contributed by atoms with Crippen molar-refractivity contribution in [2.24, 2.45) is 5.92 Å². The Labute approximate surface area is 142 Å². The van der Waals surface area contributed by atoms with Crippen LogP contribution in [0.1, 0.15) is 39.2 Å². The maximum absolute atomic E-state index is 11.9. The minimum absolute atomic E-state index is 0.148. The van der Waals surface area contributed by atoms with Gasteiger partial charge in [0.05, 0.1) is 11.5 Å². The first-order chi connectivity index (χ1) is 11.2. The van der Waals surface area contributed by atoms with Gasteiger partial charge in [0.15, 0.2) is 0 Å². The first kappa shape index (κ1) is 18.4. The van der Waals surface area contributed by atoms with Crippen molar-refractivity contribution >= 4 is 11.7 Å². The lowest BCUT2D eigenvalue weighted by Crippen LogP contribution is -2.40. The second kappa shape index (κ2) is 7.75. The normalized spacial score (nSPS) is 16.8. The van der Waals surface area contributed by atoms with Gasteiger partial charge >= 0.3 is 5.97 Å². The van der Waals surface area contributed by atoms with Gasteiger partial charge in [-0.15, -0.1) is 0 Å². The first-order valence-corrected chi connectivity index (χ1v) is 8.40. The zero-order chi connectivity index (χ0) is 17.7. The number of rotatable bonds is 5. The number of nitrogens with zero attached hydrogens (tertiary/aromatic N) is 2. The van der Waals surface area contributed by atoms with Gasteiger partial charge in [-0.25, -0.2) is 0 Å². The molecule has 24 heavy (non-hydrogen) atoms. The zero-order valence-electron chi connectivity index (χ0n) is 14.7. The molecule has 0 aromatic heterocycles. The van der Waals surface area contributed by atoms with Crippen LogP contribution in [0, 0.1) is 16.0 Å². The summed E-state index contributed by atoms with van der Waals surface area (Å²) >= 11 is 0. The lowest BCUT2D eigenvalue weighted by atomic mass is 9.90. The number of esters is 1. The summed E-state index contributed by atoms with van der Waals surface area (Å²) in [5, 5.41) is 10.8. The Bertz CT molecular complexity index is 587. The van der Waals surface area contributed by atoms with E-state index >= 15 is 0 Å². The molecule has 0 amide bonds. The van der Waals surface area contributed by atoms with Crippen LogP contribution in [0.2, 0.25) is 0 Å². The summed E-state index contributed by atoms with van der Waals surface area (Å²) in [5.74, 6) is 0.321. The van der Waals surface area contributed by atoms with Crippen molar-refractivity contribution in [2.45, 2.75) is 45.6 Å². The lowest BCUT2D eigenvalue weighted by molar-refractivity contribution is -0.384. The number of likely N-dealkylation sites (tertiary alicyclic amines) is 1. The SMILES string of the molecule is CC(C)(C)OC(=O)CN1CCC(Cc2cccc([N+](=O)[O-])c2)CC1. The molecule has 0 radical (unpaired) electrons. The van der Waals surface area contributed by atoms with Crippen LogP contribution in [0.25, 0.3) is 0 Å². The van der Waals surface area contributed by atoms with Crippen LogP contribution < -0.4 is 0 Å². The summed E-state index contributed by atoms with van der Waals surface area (Å²) in [6, 6.07) is 6.87. The molecule has 1 aliphatic heterocycles. The van der Waals surface area contributed by atoms with Crippen LogP contribution in [0.3, 0.4) is 0 Å². The van der Waals surface area contributed by atoms with Gasteiger partial charge in [0.2, 0.25) is 0 Å². The quantitative estimate of drug-likeness (QED) is 0.470. The number of carbonyl (C=O) groups excluding carboxylic acids is 1. The molecule has 1 fully saturated rings. The number of non-ortho nitro benzene ring substituents is 1. The third kappa shape index (κ3) is 5.92. The molecule has 6 nitrogen and oxygen atoms in total. The second-order valence-corrected chi connectivity index (χ2v) is 7.44. The molecule has 1 saturated heterocycles. The van der Waals surface area contributed by atoms with Gasteiger partial charge in [-0.2, -0.15) is 0 Å². The van der Waals surface area contributed by atoms with Gasteiger partial charge in [-0.1, -0.05) is 12.1 Å². The number of nitro groups is 1. The smallest absolute Gasteiger partial charge is 0.320 e. The van der Waals surface area contributed by atoms with Crippen molar-refractivity contribution < 1.29 is 14.5 Å². The fourth-order valence-electron chi connectivity index (χ4n) is 3.04. The monoisotopic (exact) mass is 334 g/mol. The van der Waals surface area contributed by atoms with Crippen molar-refractivity contribution in [3.8, 4) is 0 Å². The Kier molecular flexibility index (Phi) is 5.94. The number of piperidine rings is 1. The van der Waals surface area contributed by atoms with Gasteiger partial charge in [-0.05, 0) is 64.6 Å². The molecule has 1 heterocycles. The fourth-order valence-corrected chi connectivity index (χ4v) is 3.04. The standard InChI is InChI=1S/C18H26N2O4/c1-18(2,3)24-17(21)13-19-9-7-14(8-10-19)11-15-5-4-6-16(12-15)20(22)23/h4-6,12,14H,7-11,13H2,1-3H3. The summed E-state index contributed by atoms with van der Waals surface area (Å²) in [6.45, 7) is 7.67. The topological polar surface area (TPSA) is 72.7 Å². The number of ether oxygens (including phenoxy) is 1. The van der Waals surface area contributed by atoms with Crippen LogP contribution in [0.4, 0.5) is 5.69 Å². The van der Waals surface area contributed by atoms with E-state index in [9.17, 15) is 14.9 Å². The van der Waals surface area contributed by atoms with Crippen molar-refractivity contribution in [3.05, 3.63) is 39.9 Å². The van der Waals surface area contributed by atoms with Gasteiger partial charge in [0.25, 0.3) is 5.69 Å². The Morgan fingerprint density at radius 2 is 2.00 bits per heavy atom. The van der Waals surface area contributed by atoms with E-state index in [1.165, 1.54) is 6.07 Å². The Hall–Kier alpha value is -1.95.